The van der Waals surface area contributed by atoms with Gasteiger partial charge in [0.25, 0.3) is 0 Å². The Balaban J connectivity index is 1.77. The summed E-state index contributed by atoms with van der Waals surface area (Å²) in [6.45, 7) is 4.87. The molecule has 5 nitrogen and oxygen atoms in total. The Labute approximate surface area is 161 Å². The SMILES string of the molecule is Cc1cccc(C)c1OC(=O)c1ccc(S(=O)(=O)N2CCCCCC2)cc1. The van der Waals surface area contributed by atoms with Gasteiger partial charge in [0.2, 0.25) is 10.0 Å². The van der Waals surface area contributed by atoms with Gasteiger partial charge in [-0.3, -0.25) is 0 Å². The minimum absolute atomic E-state index is 0.216. The smallest absolute Gasteiger partial charge is 0.343 e. The van der Waals surface area contributed by atoms with E-state index < -0.39 is 16.0 Å². The van der Waals surface area contributed by atoms with Crippen LogP contribution >= 0.6 is 0 Å². The quantitative estimate of drug-likeness (QED) is 0.586. The van der Waals surface area contributed by atoms with Crippen molar-refractivity contribution in [3.05, 3.63) is 59.2 Å². The van der Waals surface area contributed by atoms with Crippen molar-refractivity contribution >= 4 is 16.0 Å². The highest BCUT2D eigenvalue weighted by Crippen LogP contribution is 2.24. The number of ether oxygens (including phenoxy) is 1. The minimum Gasteiger partial charge on any atom is -0.422 e. The van der Waals surface area contributed by atoms with E-state index in [1.54, 1.807) is 4.31 Å². The van der Waals surface area contributed by atoms with Crippen molar-refractivity contribution in [1.29, 1.82) is 0 Å². The van der Waals surface area contributed by atoms with Gasteiger partial charge in [-0.1, -0.05) is 31.0 Å². The van der Waals surface area contributed by atoms with E-state index in [1.807, 2.05) is 32.0 Å². The molecule has 1 aliphatic heterocycles. The Morgan fingerprint density at radius 1 is 0.889 bits per heavy atom. The molecule has 0 N–H and O–H groups in total. The second kappa shape index (κ2) is 8.23. The maximum Gasteiger partial charge on any atom is 0.343 e. The van der Waals surface area contributed by atoms with Crippen molar-refractivity contribution in [2.75, 3.05) is 13.1 Å². The van der Waals surface area contributed by atoms with Gasteiger partial charge in [0, 0.05) is 13.1 Å². The molecule has 0 unspecified atom stereocenters. The highest BCUT2D eigenvalue weighted by atomic mass is 32.2. The van der Waals surface area contributed by atoms with Gasteiger partial charge in [0.05, 0.1) is 10.5 Å². The number of rotatable bonds is 4. The number of hydrogen-bond donors (Lipinski definition) is 0. The number of nitrogens with zero attached hydrogens (tertiary/aromatic N) is 1. The van der Waals surface area contributed by atoms with Crippen LogP contribution in [0.5, 0.6) is 5.75 Å². The lowest BCUT2D eigenvalue weighted by Crippen LogP contribution is -2.31. The van der Waals surface area contributed by atoms with Crippen molar-refractivity contribution in [1.82, 2.24) is 4.31 Å². The summed E-state index contributed by atoms with van der Waals surface area (Å²) in [5, 5.41) is 0. The monoisotopic (exact) mass is 387 g/mol. The lowest BCUT2D eigenvalue weighted by Gasteiger charge is -2.20. The van der Waals surface area contributed by atoms with Gasteiger partial charge < -0.3 is 4.74 Å². The summed E-state index contributed by atoms with van der Waals surface area (Å²) in [6, 6.07) is 11.7. The summed E-state index contributed by atoms with van der Waals surface area (Å²) in [5.41, 5.74) is 2.08. The van der Waals surface area contributed by atoms with E-state index in [2.05, 4.69) is 0 Å². The van der Waals surface area contributed by atoms with Crippen LogP contribution in [0.3, 0.4) is 0 Å². The average Bonchev–Trinajstić information content (AvgIpc) is 2.95. The number of benzene rings is 2. The topological polar surface area (TPSA) is 63.7 Å². The minimum atomic E-state index is -3.52. The van der Waals surface area contributed by atoms with E-state index in [0.717, 1.165) is 36.8 Å². The van der Waals surface area contributed by atoms with Crippen LogP contribution in [0.15, 0.2) is 47.4 Å². The molecule has 0 radical (unpaired) electrons. The Bertz CT molecular complexity index is 891. The first-order valence-electron chi connectivity index (χ1n) is 9.28. The summed E-state index contributed by atoms with van der Waals surface area (Å²) >= 11 is 0. The third-order valence-corrected chi connectivity index (χ3v) is 6.81. The average molecular weight is 388 g/mol. The molecular formula is C21H25NO4S. The second-order valence-electron chi connectivity index (χ2n) is 6.95. The van der Waals surface area contributed by atoms with Crippen LogP contribution in [0.25, 0.3) is 0 Å². The lowest BCUT2D eigenvalue weighted by atomic mass is 10.1. The van der Waals surface area contributed by atoms with E-state index in [0.29, 0.717) is 24.4 Å². The van der Waals surface area contributed by atoms with E-state index in [1.165, 1.54) is 24.3 Å². The molecule has 0 bridgehead atoms. The molecule has 0 spiro atoms. The zero-order valence-electron chi connectivity index (χ0n) is 15.8. The van der Waals surface area contributed by atoms with Crippen LogP contribution in [0.2, 0.25) is 0 Å². The maximum atomic E-state index is 12.8. The predicted octanol–water partition coefficient (Wildman–Crippen LogP) is 4.09. The molecule has 1 fully saturated rings. The number of sulfonamides is 1. The van der Waals surface area contributed by atoms with Gasteiger partial charge in [0.1, 0.15) is 5.75 Å². The predicted molar refractivity (Wildman–Crippen MR) is 105 cm³/mol. The molecule has 144 valence electrons. The number of carbonyl (C=O) groups is 1. The Morgan fingerprint density at radius 2 is 1.44 bits per heavy atom. The standard InChI is InChI=1S/C21H25NO4S/c1-16-8-7-9-17(2)20(16)26-21(23)18-10-12-19(13-11-18)27(24,25)22-14-5-3-4-6-15-22/h7-13H,3-6,14-15H2,1-2H3. The molecule has 0 aliphatic carbocycles. The van der Waals surface area contributed by atoms with Crippen molar-refractivity contribution in [2.45, 2.75) is 44.4 Å². The zero-order valence-corrected chi connectivity index (χ0v) is 16.6. The second-order valence-corrected chi connectivity index (χ2v) is 8.89. The molecule has 0 amide bonds. The summed E-state index contributed by atoms with van der Waals surface area (Å²) in [4.78, 5) is 12.7. The van der Waals surface area contributed by atoms with Crippen molar-refractivity contribution < 1.29 is 17.9 Å². The van der Waals surface area contributed by atoms with Gasteiger partial charge in [-0.25, -0.2) is 13.2 Å². The zero-order chi connectivity index (χ0) is 19.4. The molecule has 27 heavy (non-hydrogen) atoms. The molecule has 6 heteroatoms. The number of para-hydroxylation sites is 1. The van der Waals surface area contributed by atoms with E-state index in [-0.39, 0.29) is 4.90 Å². The van der Waals surface area contributed by atoms with Crippen LogP contribution in [-0.2, 0) is 10.0 Å². The lowest BCUT2D eigenvalue weighted by molar-refractivity contribution is 0.0732. The molecule has 0 aromatic heterocycles. The first-order chi connectivity index (χ1) is 12.9. The summed E-state index contributed by atoms with van der Waals surface area (Å²) in [6.07, 6.45) is 3.91. The molecular weight excluding hydrogens is 362 g/mol. The van der Waals surface area contributed by atoms with Crippen LogP contribution in [0, 0.1) is 13.8 Å². The fourth-order valence-corrected chi connectivity index (χ4v) is 4.82. The van der Waals surface area contributed by atoms with E-state index in [4.69, 9.17) is 4.74 Å². The van der Waals surface area contributed by atoms with Crippen LogP contribution in [0.4, 0.5) is 0 Å². The summed E-state index contributed by atoms with van der Waals surface area (Å²) in [5.74, 6) is 0.0508. The third-order valence-electron chi connectivity index (χ3n) is 4.90. The molecule has 1 saturated heterocycles. The molecule has 1 aliphatic rings. The van der Waals surface area contributed by atoms with Gasteiger partial charge in [-0.05, 0) is 62.1 Å². The Kier molecular flexibility index (Phi) is 5.97. The largest absolute Gasteiger partial charge is 0.422 e. The fourth-order valence-electron chi connectivity index (χ4n) is 3.31. The highest BCUT2D eigenvalue weighted by molar-refractivity contribution is 7.89. The van der Waals surface area contributed by atoms with Crippen molar-refractivity contribution in [2.24, 2.45) is 0 Å². The number of hydrogen-bond acceptors (Lipinski definition) is 4. The number of carbonyl (C=O) groups excluding carboxylic acids is 1. The Morgan fingerprint density at radius 3 is 2.00 bits per heavy atom. The van der Waals surface area contributed by atoms with Gasteiger partial charge >= 0.3 is 5.97 Å². The first kappa shape index (κ1) is 19.6. The Hall–Kier alpha value is -2.18. The van der Waals surface area contributed by atoms with Gasteiger partial charge in [-0.15, -0.1) is 0 Å². The van der Waals surface area contributed by atoms with Crippen LogP contribution < -0.4 is 4.74 Å². The fraction of sp³-hybridized carbons (Fsp3) is 0.381. The number of aryl methyl sites for hydroxylation is 2. The summed E-state index contributed by atoms with van der Waals surface area (Å²) in [7, 11) is -3.52. The van der Waals surface area contributed by atoms with Gasteiger partial charge in [-0.2, -0.15) is 4.31 Å². The molecule has 0 atom stereocenters. The summed E-state index contributed by atoms with van der Waals surface area (Å²) < 4.78 is 32.7. The highest BCUT2D eigenvalue weighted by Gasteiger charge is 2.25. The van der Waals surface area contributed by atoms with E-state index >= 15 is 0 Å². The van der Waals surface area contributed by atoms with Gasteiger partial charge in [0.15, 0.2) is 0 Å². The normalized spacial score (nSPS) is 15.9. The van der Waals surface area contributed by atoms with E-state index in [9.17, 15) is 13.2 Å². The van der Waals surface area contributed by atoms with Crippen LogP contribution in [-0.4, -0.2) is 31.8 Å². The molecule has 2 aromatic carbocycles. The first-order valence-corrected chi connectivity index (χ1v) is 10.7. The third kappa shape index (κ3) is 4.39. The number of esters is 1. The molecule has 0 saturated carbocycles. The molecule has 2 aromatic rings. The van der Waals surface area contributed by atoms with Crippen molar-refractivity contribution in [3.63, 3.8) is 0 Å². The maximum absolute atomic E-state index is 12.8. The molecule has 1 heterocycles. The molecule has 3 rings (SSSR count). The van der Waals surface area contributed by atoms with Crippen molar-refractivity contribution in [3.8, 4) is 5.75 Å². The van der Waals surface area contributed by atoms with Crippen LogP contribution in [0.1, 0.15) is 47.2 Å².